The number of nitrogens with zero attached hydrogens (tertiary/aromatic N) is 1. The number of rotatable bonds is 11. The van der Waals surface area contributed by atoms with Crippen molar-refractivity contribution in [2.24, 2.45) is 0 Å². The summed E-state index contributed by atoms with van der Waals surface area (Å²) >= 11 is 0. The molecule has 1 rings (SSSR count). The van der Waals surface area contributed by atoms with E-state index in [9.17, 15) is 28.8 Å². The van der Waals surface area contributed by atoms with Gasteiger partial charge in [-0.1, -0.05) is 0 Å². The third kappa shape index (κ3) is 9.92. The molecule has 0 aromatic rings. The van der Waals surface area contributed by atoms with Gasteiger partial charge in [0.15, 0.2) is 0 Å². The SMILES string of the molecule is COC(=O)NCC(CNC(=O)OC)OC(=O)NCCOCCOC(=O)N1C(=O)CCC1=O. The van der Waals surface area contributed by atoms with Crippen molar-refractivity contribution in [1.29, 1.82) is 0 Å². The Labute approximate surface area is 183 Å². The highest BCUT2D eigenvalue weighted by atomic mass is 16.6. The van der Waals surface area contributed by atoms with Gasteiger partial charge in [0, 0.05) is 19.4 Å². The van der Waals surface area contributed by atoms with Crippen molar-refractivity contribution >= 4 is 36.2 Å². The molecule has 6 amide bonds. The van der Waals surface area contributed by atoms with Gasteiger partial charge in [-0.05, 0) is 0 Å². The molecule has 32 heavy (non-hydrogen) atoms. The molecule has 0 spiro atoms. The van der Waals surface area contributed by atoms with Gasteiger partial charge < -0.3 is 39.6 Å². The number of methoxy groups -OCH3 is 2. The van der Waals surface area contributed by atoms with Gasteiger partial charge in [-0.25, -0.2) is 19.2 Å². The normalized spacial score (nSPS) is 12.9. The summed E-state index contributed by atoms with van der Waals surface area (Å²) in [5.74, 6) is -1.21. The van der Waals surface area contributed by atoms with Crippen molar-refractivity contribution < 1.29 is 52.5 Å². The van der Waals surface area contributed by atoms with Crippen LogP contribution >= 0.6 is 0 Å². The number of nitrogens with one attached hydrogen (secondary N) is 3. The first-order valence-electron chi connectivity index (χ1n) is 9.46. The van der Waals surface area contributed by atoms with E-state index in [1.165, 1.54) is 0 Å². The van der Waals surface area contributed by atoms with Crippen LogP contribution in [0.5, 0.6) is 0 Å². The van der Waals surface area contributed by atoms with Gasteiger partial charge in [0.2, 0.25) is 11.8 Å². The summed E-state index contributed by atoms with van der Waals surface area (Å²) in [6.07, 6.45) is -4.34. The van der Waals surface area contributed by atoms with E-state index >= 15 is 0 Å². The van der Waals surface area contributed by atoms with Gasteiger partial charge in [0.05, 0.1) is 40.5 Å². The highest BCUT2D eigenvalue weighted by molar-refractivity contribution is 6.13. The van der Waals surface area contributed by atoms with Crippen LogP contribution < -0.4 is 16.0 Å². The lowest BCUT2D eigenvalue weighted by atomic mass is 10.3. The Hall–Kier alpha value is -3.62. The third-order valence-corrected chi connectivity index (χ3v) is 3.80. The van der Waals surface area contributed by atoms with Crippen LogP contribution in [0.3, 0.4) is 0 Å². The Morgan fingerprint density at radius 3 is 1.94 bits per heavy atom. The number of hydrogen-bond donors (Lipinski definition) is 3. The molecule has 3 N–H and O–H groups in total. The number of likely N-dealkylation sites (tertiary alicyclic amines) is 1. The van der Waals surface area contributed by atoms with E-state index in [-0.39, 0.29) is 52.3 Å². The van der Waals surface area contributed by atoms with Crippen LogP contribution in [0.2, 0.25) is 0 Å². The van der Waals surface area contributed by atoms with Gasteiger partial charge in [-0.15, -0.1) is 0 Å². The van der Waals surface area contributed by atoms with E-state index in [0.29, 0.717) is 4.90 Å². The highest BCUT2D eigenvalue weighted by Crippen LogP contribution is 2.12. The first-order chi connectivity index (χ1) is 15.3. The zero-order valence-electron chi connectivity index (χ0n) is 17.7. The number of carbonyl (C=O) groups is 6. The second-order valence-electron chi connectivity index (χ2n) is 6.05. The number of imide groups is 3. The molecular formula is C17H26N4O11. The number of amides is 6. The molecule has 180 valence electrons. The fourth-order valence-corrected chi connectivity index (χ4v) is 2.25. The lowest BCUT2D eigenvalue weighted by Crippen LogP contribution is -2.44. The summed E-state index contributed by atoms with van der Waals surface area (Å²) in [5, 5.41) is 7.06. The van der Waals surface area contributed by atoms with E-state index in [2.05, 4.69) is 25.4 Å². The maximum Gasteiger partial charge on any atom is 0.423 e. The van der Waals surface area contributed by atoms with Gasteiger partial charge in [-0.2, -0.15) is 4.90 Å². The van der Waals surface area contributed by atoms with Gasteiger partial charge in [-0.3, -0.25) is 9.59 Å². The van der Waals surface area contributed by atoms with Crippen molar-refractivity contribution in [2.75, 3.05) is 53.7 Å². The zero-order chi connectivity index (χ0) is 23.9. The third-order valence-electron chi connectivity index (χ3n) is 3.80. The fourth-order valence-electron chi connectivity index (χ4n) is 2.25. The van der Waals surface area contributed by atoms with Crippen molar-refractivity contribution in [3.8, 4) is 0 Å². The van der Waals surface area contributed by atoms with E-state index in [1.807, 2.05) is 0 Å². The Balaban J connectivity index is 2.21. The predicted molar refractivity (Wildman–Crippen MR) is 102 cm³/mol. The van der Waals surface area contributed by atoms with E-state index in [4.69, 9.17) is 14.2 Å². The van der Waals surface area contributed by atoms with Crippen LogP contribution in [-0.4, -0.2) is 101 Å². The average molecular weight is 462 g/mol. The van der Waals surface area contributed by atoms with E-state index in [1.54, 1.807) is 0 Å². The predicted octanol–water partition coefficient (Wildman–Crippen LogP) is -0.905. The molecule has 0 bridgehead atoms. The molecule has 0 aliphatic carbocycles. The minimum Gasteiger partial charge on any atom is -0.453 e. The zero-order valence-corrected chi connectivity index (χ0v) is 17.7. The van der Waals surface area contributed by atoms with Crippen LogP contribution in [0.15, 0.2) is 0 Å². The largest absolute Gasteiger partial charge is 0.453 e. The molecule has 1 fully saturated rings. The monoisotopic (exact) mass is 462 g/mol. The van der Waals surface area contributed by atoms with Crippen molar-refractivity contribution in [1.82, 2.24) is 20.9 Å². The Morgan fingerprint density at radius 2 is 1.41 bits per heavy atom. The smallest absolute Gasteiger partial charge is 0.423 e. The summed E-state index contributed by atoms with van der Waals surface area (Å²) in [6.45, 7) is -0.409. The average Bonchev–Trinajstić information content (AvgIpc) is 3.11. The summed E-state index contributed by atoms with van der Waals surface area (Å²) in [6, 6.07) is 0. The number of carbonyl (C=O) groups excluding carboxylic acids is 6. The Morgan fingerprint density at radius 1 is 0.844 bits per heavy atom. The quantitative estimate of drug-likeness (QED) is 0.196. The Kier molecular flexibility index (Phi) is 11.9. The lowest BCUT2D eigenvalue weighted by Gasteiger charge is -2.18. The minimum atomic E-state index is -1.05. The molecule has 1 aliphatic rings. The molecule has 0 unspecified atom stereocenters. The highest BCUT2D eigenvalue weighted by Gasteiger charge is 2.35. The number of hydrogen-bond acceptors (Lipinski definition) is 11. The van der Waals surface area contributed by atoms with Crippen LogP contribution in [-0.2, 0) is 33.3 Å². The second-order valence-corrected chi connectivity index (χ2v) is 6.05. The minimum absolute atomic E-state index is 0.0233. The van der Waals surface area contributed by atoms with Crippen molar-refractivity contribution in [2.45, 2.75) is 18.9 Å². The van der Waals surface area contributed by atoms with Crippen LogP contribution in [0.25, 0.3) is 0 Å². The molecular weight excluding hydrogens is 436 g/mol. The molecule has 0 atom stereocenters. The van der Waals surface area contributed by atoms with Crippen molar-refractivity contribution in [3.05, 3.63) is 0 Å². The molecule has 0 saturated carbocycles. The van der Waals surface area contributed by atoms with E-state index in [0.717, 1.165) is 14.2 Å². The van der Waals surface area contributed by atoms with Crippen LogP contribution in [0, 0.1) is 0 Å². The summed E-state index contributed by atoms with van der Waals surface area (Å²) in [5.41, 5.74) is 0. The molecule has 15 nitrogen and oxygen atoms in total. The maximum absolute atomic E-state index is 11.9. The topological polar surface area (TPSA) is 188 Å². The van der Waals surface area contributed by atoms with Gasteiger partial charge >= 0.3 is 24.4 Å². The molecule has 0 aromatic heterocycles. The maximum atomic E-state index is 11.9. The summed E-state index contributed by atoms with van der Waals surface area (Å²) in [7, 11) is 2.33. The molecule has 15 heteroatoms. The second kappa shape index (κ2) is 14.4. The Bertz CT molecular complexity index is 664. The fraction of sp³-hybridized carbons (Fsp3) is 0.647. The summed E-state index contributed by atoms with van der Waals surface area (Å²) in [4.78, 5) is 69.0. The first kappa shape index (κ1) is 26.4. The number of ether oxygens (including phenoxy) is 5. The lowest BCUT2D eigenvalue weighted by molar-refractivity contribution is -0.136. The van der Waals surface area contributed by atoms with Gasteiger partial charge in [0.1, 0.15) is 12.7 Å². The molecule has 0 radical (unpaired) electrons. The molecule has 1 saturated heterocycles. The molecule has 1 aliphatic heterocycles. The van der Waals surface area contributed by atoms with Crippen molar-refractivity contribution in [3.63, 3.8) is 0 Å². The first-order valence-corrected chi connectivity index (χ1v) is 9.46. The number of alkyl carbamates (subject to hydrolysis) is 3. The van der Waals surface area contributed by atoms with E-state index < -0.39 is 42.3 Å². The standard InChI is InChI=1S/C17H26N4O11/c1-28-14(24)19-9-11(10-20-15(25)29-2)32-16(26)18-5-6-30-7-8-31-17(27)21-12(22)3-4-13(21)23/h11H,3-10H2,1-2H3,(H,18,26)(H,19,24)(H,20,25). The summed E-state index contributed by atoms with van der Waals surface area (Å²) < 4.78 is 23.9. The van der Waals surface area contributed by atoms with Gasteiger partial charge in [0.25, 0.3) is 0 Å². The van der Waals surface area contributed by atoms with Crippen LogP contribution in [0.4, 0.5) is 19.2 Å². The molecule has 1 heterocycles. The van der Waals surface area contributed by atoms with Crippen LogP contribution in [0.1, 0.15) is 12.8 Å². The molecule has 0 aromatic carbocycles.